The number of morpholine rings is 1. The molecule has 0 radical (unpaired) electrons. The van der Waals surface area contributed by atoms with Gasteiger partial charge in [-0.1, -0.05) is 36.4 Å². The van der Waals surface area contributed by atoms with E-state index in [0.717, 1.165) is 11.1 Å². The Bertz CT molecular complexity index is 790. The second kappa shape index (κ2) is 6.22. The van der Waals surface area contributed by atoms with Crippen molar-refractivity contribution in [1.82, 2.24) is 4.90 Å². The van der Waals surface area contributed by atoms with E-state index in [1.807, 2.05) is 48.5 Å². The van der Waals surface area contributed by atoms with Crippen LogP contribution < -0.4 is 10.5 Å². The van der Waals surface area contributed by atoms with Crippen LogP contribution in [-0.2, 0) is 14.3 Å². The molecule has 0 saturated carbocycles. The van der Waals surface area contributed by atoms with E-state index in [4.69, 9.17) is 15.2 Å². The van der Waals surface area contributed by atoms with Crippen LogP contribution >= 0.6 is 0 Å². The van der Waals surface area contributed by atoms with Gasteiger partial charge in [0.25, 0.3) is 0 Å². The highest BCUT2D eigenvalue weighted by Gasteiger charge is 2.37. The van der Waals surface area contributed by atoms with E-state index in [2.05, 4.69) is 0 Å². The van der Waals surface area contributed by atoms with Crippen molar-refractivity contribution in [2.45, 2.75) is 12.0 Å². The number of carbonyl (C=O) groups excluding carboxylic acids is 2. The van der Waals surface area contributed by atoms with Crippen molar-refractivity contribution in [2.75, 3.05) is 19.7 Å². The molecule has 1 atom stereocenters. The van der Waals surface area contributed by atoms with Gasteiger partial charge in [0.05, 0.1) is 19.1 Å². The predicted octanol–water partition coefficient (Wildman–Crippen LogP) is 1.64. The highest BCUT2D eigenvalue weighted by Crippen LogP contribution is 2.44. The molecular weight excluding hydrogens is 320 g/mol. The first-order valence-electron chi connectivity index (χ1n) is 8.20. The van der Waals surface area contributed by atoms with Gasteiger partial charge in [0.2, 0.25) is 11.8 Å². The summed E-state index contributed by atoms with van der Waals surface area (Å²) in [4.78, 5) is 26.4. The fourth-order valence-electron chi connectivity index (χ4n) is 3.38. The van der Waals surface area contributed by atoms with Crippen LogP contribution in [0.3, 0.4) is 0 Å². The van der Waals surface area contributed by atoms with Gasteiger partial charge in [-0.25, -0.2) is 0 Å². The Labute approximate surface area is 145 Å². The van der Waals surface area contributed by atoms with Crippen molar-refractivity contribution < 1.29 is 19.1 Å². The first kappa shape index (κ1) is 15.7. The molecule has 6 nitrogen and oxygen atoms in total. The Hall–Kier alpha value is -2.86. The zero-order valence-electron chi connectivity index (χ0n) is 13.6. The summed E-state index contributed by atoms with van der Waals surface area (Å²) in [6.07, 6.45) is -0.761. The van der Waals surface area contributed by atoms with E-state index in [1.165, 1.54) is 0 Å². The van der Waals surface area contributed by atoms with Gasteiger partial charge in [-0.3, -0.25) is 9.59 Å². The number of hydrogen-bond acceptors (Lipinski definition) is 4. The fourth-order valence-corrected chi connectivity index (χ4v) is 3.38. The number of benzene rings is 2. The summed E-state index contributed by atoms with van der Waals surface area (Å²) >= 11 is 0. The lowest BCUT2D eigenvalue weighted by Gasteiger charge is -2.36. The van der Waals surface area contributed by atoms with Crippen LogP contribution in [0, 0.1) is 0 Å². The number of primary amides is 1. The summed E-state index contributed by atoms with van der Waals surface area (Å²) in [6.45, 7) is 0.909. The van der Waals surface area contributed by atoms with E-state index in [-0.39, 0.29) is 12.5 Å². The monoisotopic (exact) mass is 338 g/mol. The molecule has 0 spiro atoms. The van der Waals surface area contributed by atoms with Crippen LogP contribution in [0.15, 0.2) is 48.5 Å². The summed E-state index contributed by atoms with van der Waals surface area (Å²) in [5.41, 5.74) is 6.99. The maximum atomic E-state index is 13.3. The van der Waals surface area contributed by atoms with Crippen LogP contribution in [0.4, 0.5) is 0 Å². The lowest BCUT2D eigenvalue weighted by molar-refractivity contribution is -0.146. The molecule has 6 heteroatoms. The zero-order valence-corrected chi connectivity index (χ0v) is 13.6. The number of amides is 2. The zero-order chi connectivity index (χ0) is 17.4. The van der Waals surface area contributed by atoms with E-state index in [1.54, 1.807) is 4.90 Å². The number of rotatable bonds is 2. The van der Waals surface area contributed by atoms with Crippen molar-refractivity contribution >= 4 is 11.8 Å². The van der Waals surface area contributed by atoms with E-state index < -0.39 is 17.9 Å². The van der Waals surface area contributed by atoms with Gasteiger partial charge in [0, 0.05) is 17.7 Å². The third-order valence-electron chi connectivity index (χ3n) is 4.62. The third kappa shape index (κ3) is 2.74. The van der Waals surface area contributed by atoms with Crippen LogP contribution in [0.1, 0.15) is 17.0 Å². The SMILES string of the molecule is NC(=O)[C@H]1CN(C(=O)C2c3ccccc3Oc3ccccc32)CCO1. The molecular formula is C19H18N2O4. The molecule has 0 aromatic heterocycles. The first-order chi connectivity index (χ1) is 12.1. The summed E-state index contributed by atoms with van der Waals surface area (Å²) < 4.78 is 11.3. The molecule has 2 aliphatic heterocycles. The molecule has 1 saturated heterocycles. The largest absolute Gasteiger partial charge is 0.457 e. The lowest BCUT2D eigenvalue weighted by atomic mass is 9.86. The van der Waals surface area contributed by atoms with Crippen molar-refractivity contribution in [2.24, 2.45) is 5.73 Å². The van der Waals surface area contributed by atoms with Gasteiger partial charge in [-0.2, -0.15) is 0 Å². The lowest BCUT2D eigenvalue weighted by Crippen LogP contribution is -2.51. The van der Waals surface area contributed by atoms with Gasteiger partial charge < -0.3 is 20.1 Å². The minimum Gasteiger partial charge on any atom is -0.457 e. The standard InChI is InChI=1S/C19H18N2O4/c20-18(22)16-11-21(9-10-24-16)19(23)17-12-5-1-3-7-14(12)25-15-8-4-2-6-13(15)17/h1-8,16-17H,9-11H2,(H2,20,22)/t16-/m1/s1. The fraction of sp³-hybridized carbons (Fsp3) is 0.263. The number of carbonyl (C=O) groups is 2. The number of fused-ring (bicyclic) bond motifs is 2. The third-order valence-corrected chi connectivity index (χ3v) is 4.62. The molecule has 1 fully saturated rings. The Morgan fingerprint density at radius 1 is 1.00 bits per heavy atom. The number of para-hydroxylation sites is 2. The first-order valence-corrected chi connectivity index (χ1v) is 8.20. The quantitative estimate of drug-likeness (QED) is 0.902. The van der Waals surface area contributed by atoms with Crippen molar-refractivity contribution in [1.29, 1.82) is 0 Å². The Balaban J connectivity index is 1.72. The summed E-state index contributed by atoms with van der Waals surface area (Å²) in [6, 6.07) is 15.1. The van der Waals surface area contributed by atoms with Crippen molar-refractivity contribution in [3.63, 3.8) is 0 Å². The summed E-state index contributed by atoms with van der Waals surface area (Å²) in [5, 5.41) is 0. The maximum absolute atomic E-state index is 13.3. The molecule has 25 heavy (non-hydrogen) atoms. The second-order valence-electron chi connectivity index (χ2n) is 6.16. The van der Waals surface area contributed by atoms with Crippen molar-refractivity contribution in [3.05, 3.63) is 59.7 Å². The molecule has 2 aliphatic rings. The number of nitrogens with zero attached hydrogens (tertiary/aromatic N) is 1. The molecule has 4 rings (SSSR count). The predicted molar refractivity (Wildman–Crippen MR) is 90.3 cm³/mol. The minimum atomic E-state index is -0.761. The van der Waals surface area contributed by atoms with E-state index in [0.29, 0.717) is 24.7 Å². The molecule has 2 N–H and O–H groups in total. The number of ether oxygens (including phenoxy) is 2. The molecule has 0 aliphatic carbocycles. The van der Waals surface area contributed by atoms with Crippen LogP contribution in [-0.4, -0.2) is 42.5 Å². The van der Waals surface area contributed by atoms with Gasteiger partial charge >= 0.3 is 0 Å². The second-order valence-corrected chi connectivity index (χ2v) is 6.16. The van der Waals surface area contributed by atoms with E-state index in [9.17, 15) is 9.59 Å². The van der Waals surface area contributed by atoms with Crippen LogP contribution in [0.2, 0.25) is 0 Å². The molecule has 0 bridgehead atoms. The highest BCUT2D eigenvalue weighted by atomic mass is 16.5. The average molecular weight is 338 g/mol. The Morgan fingerprint density at radius 3 is 2.20 bits per heavy atom. The molecule has 128 valence electrons. The molecule has 2 heterocycles. The Morgan fingerprint density at radius 2 is 1.60 bits per heavy atom. The van der Waals surface area contributed by atoms with Gasteiger partial charge in [0.1, 0.15) is 11.5 Å². The molecule has 2 aromatic carbocycles. The maximum Gasteiger partial charge on any atom is 0.248 e. The molecule has 2 amide bonds. The highest BCUT2D eigenvalue weighted by molar-refractivity contribution is 5.90. The molecule has 2 aromatic rings. The smallest absolute Gasteiger partial charge is 0.248 e. The normalized spacial score (nSPS) is 19.5. The van der Waals surface area contributed by atoms with Gasteiger partial charge in [0.15, 0.2) is 6.10 Å². The average Bonchev–Trinajstić information content (AvgIpc) is 2.65. The van der Waals surface area contributed by atoms with Crippen LogP contribution in [0.5, 0.6) is 11.5 Å². The van der Waals surface area contributed by atoms with E-state index >= 15 is 0 Å². The molecule has 0 unspecified atom stereocenters. The van der Waals surface area contributed by atoms with Gasteiger partial charge in [-0.05, 0) is 12.1 Å². The topological polar surface area (TPSA) is 81.9 Å². The van der Waals surface area contributed by atoms with Gasteiger partial charge in [-0.15, -0.1) is 0 Å². The Kier molecular flexibility index (Phi) is 3.89. The minimum absolute atomic E-state index is 0.0715. The van der Waals surface area contributed by atoms with Crippen LogP contribution in [0.25, 0.3) is 0 Å². The summed E-state index contributed by atoms with van der Waals surface area (Å²) in [5.74, 6) is 0.273. The summed E-state index contributed by atoms with van der Waals surface area (Å²) in [7, 11) is 0. The number of hydrogen-bond donors (Lipinski definition) is 1. The van der Waals surface area contributed by atoms with Crippen molar-refractivity contribution in [3.8, 4) is 11.5 Å². The number of nitrogens with two attached hydrogens (primary N) is 1.